The molecular weight excluding hydrogens is 306 g/mol. The van der Waals surface area contributed by atoms with Gasteiger partial charge in [-0.3, -0.25) is 14.2 Å². The highest BCUT2D eigenvalue weighted by molar-refractivity contribution is 6.04. The second-order valence-corrected chi connectivity index (χ2v) is 4.99. The molecule has 0 aliphatic carbocycles. The van der Waals surface area contributed by atoms with Gasteiger partial charge in [0, 0.05) is 36.9 Å². The molecule has 0 fully saturated rings. The zero-order valence-electron chi connectivity index (χ0n) is 12.9. The molecule has 2 heterocycles. The zero-order chi connectivity index (χ0) is 16.9. The Bertz CT molecular complexity index is 840. The van der Waals surface area contributed by atoms with Crippen molar-refractivity contribution < 1.29 is 9.59 Å². The number of anilines is 1. The van der Waals surface area contributed by atoms with E-state index in [2.05, 4.69) is 20.6 Å². The van der Waals surface area contributed by atoms with Gasteiger partial charge in [0.1, 0.15) is 12.1 Å². The molecule has 24 heavy (non-hydrogen) atoms. The SMILES string of the molecule is CNC(=O)c1ccc(NC(=O)c2ccc(-n3ccnc3)nc2)cc1. The first-order valence-corrected chi connectivity index (χ1v) is 7.25. The van der Waals surface area contributed by atoms with Crippen molar-refractivity contribution in [3.8, 4) is 5.82 Å². The van der Waals surface area contributed by atoms with Crippen LogP contribution in [0.1, 0.15) is 20.7 Å². The van der Waals surface area contributed by atoms with E-state index in [9.17, 15) is 9.59 Å². The lowest BCUT2D eigenvalue weighted by Crippen LogP contribution is -2.18. The third kappa shape index (κ3) is 3.30. The Morgan fingerprint density at radius 3 is 2.33 bits per heavy atom. The molecule has 0 atom stereocenters. The average Bonchev–Trinajstić information content (AvgIpc) is 3.16. The minimum atomic E-state index is -0.271. The Morgan fingerprint density at radius 2 is 1.75 bits per heavy atom. The van der Waals surface area contributed by atoms with Crippen LogP contribution in [0.25, 0.3) is 5.82 Å². The van der Waals surface area contributed by atoms with Crippen molar-refractivity contribution in [1.29, 1.82) is 0 Å². The molecule has 0 saturated carbocycles. The Balaban J connectivity index is 1.69. The fraction of sp³-hybridized carbons (Fsp3) is 0.0588. The van der Waals surface area contributed by atoms with Crippen LogP contribution in [-0.4, -0.2) is 33.4 Å². The quantitative estimate of drug-likeness (QED) is 0.768. The standard InChI is InChI=1S/C17H15N5O2/c1-18-16(23)12-2-5-14(6-3-12)21-17(24)13-4-7-15(20-10-13)22-9-8-19-11-22/h2-11H,1H3,(H,18,23)(H,21,24). The summed E-state index contributed by atoms with van der Waals surface area (Å²) in [6, 6.07) is 10.1. The summed E-state index contributed by atoms with van der Waals surface area (Å²) < 4.78 is 1.75. The summed E-state index contributed by atoms with van der Waals surface area (Å²) in [6.07, 6.45) is 6.57. The largest absolute Gasteiger partial charge is 0.355 e. The van der Waals surface area contributed by atoms with E-state index in [-0.39, 0.29) is 11.8 Å². The van der Waals surface area contributed by atoms with Crippen LogP contribution in [0.5, 0.6) is 0 Å². The lowest BCUT2D eigenvalue weighted by molar-refractivity contribution is 0.0962. The van der Waals surface area contributed by atoms with Crippen molar-refractivity contribution in [2.75, 3.05) is 12.4 Å². The molecule has 0 spiro atoms. The van der Waals surface area contributed by atoms with E-state index < -0.39 is 0 Å². The van der Waals surface area contributed by atoms with Crippen molar-refractivity contribution >= 4 is 17.5 Å². The van der Waals surface area contributed by atoms with Gasteiger partial charge in [0.05, 0.1) is 5.56 Å². The predicted molar refractivity (Wildman–Crippen MR) is 89.1 cm³/mol. The van der Waals surface area contributed by atoms with Crippen molar-refractivity contribution in [2.24, 2.45) is 0 Å². The number of amides is 2. The summed E-state index contributed by atoms with van der Waals surface area (Å²) >= 11 is 0. The molecule has 2 aromatic heterocycles. The first-order chi connectivity index (χ1) is 11.7. The first-order valence-electron chi connectivity index (χ1n) is 7.25. The molecule has 0 unspecified atom stereocenters. The number of carbonyl (C=O) groups is 2. The Morgan fingerprint density at radius 1 is 1.00 bits per heavy atom. The number of nitrogens with one attached hydrogen (secondary N) is 2. The van der Waals surface area contributed by atoms with Gasteiger partial charge in [-0.2, -0.15) is 0 Å². The lowest BCUT2D eigenvalue weighted by Gasteiger charge is -2.07. The number of hydrogen-bond donors (Lipinski definition) is 2. The molecule has 0 aliphatic rings. The summed E-state index contributed by atoms with van der Waals surface area (Å²) in [5.41, 5.74) is 1.57. The number of carbonyl (C=O) groups excluding carboxylic acids is 2. The average molecular weight is 321 g/mol. The molecule has 2 N–H and O–H groups in total. The summed E-state index contributed by atoms with van der Waals surface area (Å²) in [4.78, 5) is 31.9. The van der Waals surface area contributed by atoms with Gasteiger partial charge in [-0.1, -0.05) is 0 Å². The van der Waals surface area contributed by atoms with Crippen molar-refractivity contribution in [3.05, 3.63) is 72.4 Å². The summed E-state index contributed by atoms with van der Waals surface area (Å²) in [5, 5.41) is 5.31. The maximum atomic E-state index is 12.2. The third-order valence-electron chi connectivity index (χ3n) is 3.41. The number of imidazole rings is 1. The predicted octanol–water partition coefficient (Wildman–Crippen LogP) is 1.88. The van der Waals surface area contributed by atoms with E-state index in [1.54, 1.807) is 66.7 Å². The Labute approximate surface area is 138 Å². The normalized spacial score (nSPS) is 10.2. The molecule has 3 aromatic rings. The lowest BCUT2D eigenvalue weighted by atomic mass is 10.2. The molecular formula is C17H15N5O2. The fourth-order valence-corrected chi connectivity index (χ4v) is 2.12. The Kier molecular flexibility index (Phi) is 4.33. The number of benzene rings is 1. The summed E-state index contributed by atoms with van der Waals surface area (Å²) in [5.74, 6) is 0.235. The molecule has 0 saturated heterocycles. The van der Waals surface area contributed by atoms with Crippen LogP contribution in [0, 0.1) is 0 Å². The van der Waals surface area contributed by atoms with Gasteiger partial charge in [0.15, 0.2) is 0 Å². The fourth-order valence-electron chi connectivity index (χ4n) is 2.12. The maximum absolute atomic E-state index is 12.2. The summed E-state index contributed by atoms with van der Waals surface area (Å²) in [7, 11) is 1.57. The van der Waals surface area contributed by atoms with Crippen molar-refractivity contribution in [2.45, 2.75) is 0 Å². The minimum Gasteiger partial charge on any atom is -0.355 e. The van der Waals surface area contributed by atoms with E-state index in [0.717, 1.165) is 0 Å². The number of nitrogens with zero attached hydrogens (tertiary/aromatic N) is 3. The van der Waals surface area contributed by atoms with E-state index in [0.29, 0.717) is 22.6 Å². The van der Waals surface area contributed by atoms with Crippen LogP contribution < -0.4 is 10.6 Å². The highest BCUT2D eigenvalue weighted by atomic mass is 16.2. The van der Waals surface area contributed by atoms with Gasteiger partial charge >= 0.3 is 0 Å². The smallest absolute Gasteiger partial charge is 0.257 e. The van der Waals surface area contributed by atoms with Crippen LogP contribution in [0.4, 0.5) is 5.69 Å². The Hall–Kier alpha value is -3.48. The van der Waals surface area contributed by atoms with Gasteiger partial charge in [-0.25, -0.2) is 9.97 Å². The van der Waals surface area contributed by atoms with Crippen LogP contribution in [0.2, 0.25) is 0 Å². The zero-order valence-corrected chi connectivity index (χ0v) is 12.9. The molecule has 0 bridgehead atoms. The highest BCUT2D eigenvalue weighted by Gasteiger charge is 2.08. The van der Waals surface area contributed by atoms with E-state index >= 15 is 0 Å². The summed E-state index contributed by atoms with van der Waals surface area (Å²) in [6.45, 7) is 0. The first kappa shape index (κ1) is 15.4. The van der Waals surface area contributed by atoms with Gasteiger partial charge in [-0.15, -0.1) is 0 Å². The monoisotopic (exact) mass is 321 g/mol. The van der Waals surface area contributed by atoms with Crippen LogP contribution in [0.3, 0.4) is 0 Å². The number of aromatic nitrogens is 3. The molecule has 1 aromatic carbocycles. The molecule has 2 amide bonds. The second-order valence-electron chi connectivity index (χ2n) is 4.99. The van der Waals surface area contributed by atoms with Crippen LogP contribution >= 0.6 is 0 Å². The topological polar surface area (TPSA) is 88.9 Å². The number of hydrogen-bond acceptors (Lipinski definition) is 4. The molecule has 120 valence electrons. The molecule has 0 radical (unpaired) electrons. The molecule has 7 heteroatoms. The number of rotatable bonds is 4. The van der Waals surface area contributed by atoms with Gasteiger partial charge in [0.25, 0.3) is 11.8 Å². The minimum absolute atomic E-state index is 0.174. The van der Waals surface area contributed by atoms with E-state index in [1.807, 2.05) is 0 Å². The van der Waals surface area contributed by atoms with E-state index in [1.165, 1.54) is 6.20 Å². The molecule has 7 nitrogen and oxygen atoms in total. The number of pyridine rings is 1. The van der Waals surface area contributed by atoms with Crippen molar-refractivity contribution in [3.63, 3.8) is 0 Å². The second kappa shape index (κ2) is 6.74. The molecule has 0 aliphatic heterocycles. The van der Waals surface area contributed by atoms with Gasteiger partial charge < -0.3 is 10.6 Å². The third-order valence-corrected chi connectivity index (χ3v) is 3.41. The molecule has 3 rings (SSSR count). The van der Waals surface area contributed by atoms with Gasteiger partial charge in [0.2, 0.25) is 0 Å². The highest BCUT2D eigenvalue weighted by Crippen LogP contribution is 2.12. The van der Waals surface area contributed by atoms with Crippen LogP contribution in [0.15, 0.2) is 61.3 Å². The van der Waals surface area contributed by atoms with E-state index in [4.69, 9.17) is 0 Å². The van der Waals surface area contributed by atoms with Crippen LogP contribution in [-0.2, 0) is 0 Å². The van der Waals surface area contributed by atoms with Gasteiger partial charge in [-0.05, 0) is 36.4 Å². The van der Waals surface area contributed by atoms with Crippen molar-refractivity contribution in [1.82, 2.24) is 19.9 Å². The maximum Gasteiger partial charge on any atom is 0.257 e.